The predicted octanol–water partition coefficient (Wildman–Crippen LogP) is 0.992. The fraction of sp³-hybridized carbons (Fsp3) is 0.200. The molecule has 0 radical (unpaired) electrons. The number of nitrogens with one attached hydrogen (secondary N) is 1. The molecule has 2 aromatic rings. The van der Waals surface area contributed by atoms with Crippen LogP contribution in [0.5, 0.6) is 0 Å². The fourth-order valence-electron chi connectivity index (χ4n) is 1.43. The number of hydrogen-bond donors (Lipinski definition) is 2. The minimum atomic E-state index is -1.33. The van der Waals surface area contributed by atoms with Gasteiger partial charge in [-0.15, -0.1) is 0 Å². The molecule has 0 aliphatic carbocycles. The topological polar surface area (TPSA) is 144 Å². The Bertz CT molecular complexity index is 668. The molecule has 0 aliphatic rings. The molecular weight excluding hydrogens is 270 g/mol. The van der Waals surface area contributed by atoms with Gasteiger partial charge < -0.3 is 14.9 Å². The summed E-state index contributed by atoms with van der Waals surface area (Å²) < 4.78 is 4.84. The zero-order chi connectivity index (χ0) is 14.7. The van der Waals surface area contributed by atoms with Crippen molar-refractivity contribution >= 4 is 17.5 Å². The first-order valence-corrected chi connectivity index (χ1v) is 5.38. The van der Waals surface area contributed by atoms with E-state index in [1.807, 2.05) is 0 Å². The van der Waals surface area contributed by atoms with E-state index in [1.54, 1.807) is 6.92 Å². The Labute approximate surface area is 111 Å². The van der Waals surface area contributed by atoms with Crippen LogP contribution in [0.25, 0.3) is 0 Å². The number of pyridine rings is 1. The van der Waals surface area contributed by atoms with Crippen molar-refractivity contribution in [1.82, 2.24) is 15.1 Å². The Kier molecular flexibility index (Phi) is 3.55. The number of carboxylic acid groups (broad SMARTS) is 1. The molecule has 0 spiro atoms. The lowest BCUT2D eigenvalue weighted by atomic mass is 10.2. The number of aromatic carboxylic acids is 1. The van der Waals surface area contributed by atoms with Gasteiger partial charge in [-0.25, -0.2) is 9.78 Å². The lowest BCUT2D eigenvalue weighted by molar-refractivity contribution is -0.385. The third kappa shape index (κ3) is 2.85. The molecule has 104 valence electrons. The van der Waals surface area contributed by atoms with Gasteiger partial charge in [-0.1, -0.05) is 5.16 Å². The van der Waals surface area contributed by atoms with Crippen LogP contribution in [0, 0.1) is 17.0 Å². The Hall–Kier alpha value is -3.04. The summed E-state index contributed by atoms with van der Waals surface area (Å²) in [6.07, 6.45) is 0.966. The van der Waals surface area contributed by atoms with Crippen LogP contribution in [0.15, 0.2) is 16.8 Å². The van der Waals surface area contributed by atoms with Crippen LogP contribution >= 0.6 is 0 Å². The molecule has 0 saturated carbocycles. The zero-order valence-electron chi connectivity index (χ0n) is 10.2. The van der Waals surface area contributed by atoms with Crippen LogP contribution < -0.4 is 5.32 Å². The quantitative estimate of drug-likeness (QED) is 0.604. The van der Waals surface area contributed by atoms with Crippen LogP contribution in [0.4, 0.5) is 11.5 Å². The molecule has 0 aliphatic heterocycles. The SMILES string of the molecule is Cc1noc(CNc2ncc([N+](=O)[O-])cc2C(=O)O)n1. The van der Waals surface area contributed by atoms with Crippen LogP contribution in [0.3, 0.4) is 0 Å². The molecule has 0 aromatic carbocycles. The Morgan fingerprint density at radius 2 is 2.35 bits per heavy atom. The number of anilines is 1. The highest BCUT2D eigenvalue weighted by atomic mass is 16.6. The van der Waals surface area contributed by atoms with Crippen LogP contribution in [0.1, 0.15) is 22.1 Å². The van der Waals surface area contributed by atoms with E-state index in [2.05, 4.69) is 20.4 Å². The number of carboxylic acids is 1. The van der Waals surface area contributed by atoms with Crippen molar-refractivity contribution in [3.05, 3.63) is 39.7 Å². The molecule has 0 atom stereocenters. The van der Waals surface area contributed by atoms with Gasteiger partial charge in [-0.05, 0) is 6.92 Å². The second-order valence-corrected chi connectivity index (χ2v) is 3.74. The number of carbonyl (C=O) groups is 1. The first-order valence-electron chi connectivity index (χ1n) is 5.38. The molecule has 20 heavy (non-hydrogen) atoms. The monoisotopic (exact) mass is 279 g/mol. The molecule has 10 heteroatoms. The van der Waals surface area contributed by atoms with Crippen LogP contribution in [0.2, 0.25) is 0 Å². The van der Waals surface area contributed by atoms with Crippen molar-refractivity contribution < 1.29 is 19.3 Å². The first-order chi connectivity index (χ1) is 9.47. The first kappa shape index (κ1) is 13.4. The maximum absolute atomic E-state index is 11.1. The normalized spacial score (nSPS) is 10.2. The van der Waals surface area contributed by atoms with E-state index in [9.17, 15) is 14.9 Å². The Balaban J connectivity index is 2.22. The number of nitrogens with zero attached hydrogens (tertiary/aromatic N) is 4. The van der Waals surface area contributed by atoms with E-state index >= 15 is 0 Å². The molecule has 0 amide bonds. The average molecular weight is 279 g/mol. The van der Waals surface area contributed by atoms with E-state index < -0.39 is 16.6 Å². The zero-order valence-corrected chi connectivity index (χ0v) is 10.2. The number of aromatic nitrogens is 3. The van der Waals surface area contributed by atoms with Crippen LogP contribution in [-0.2, 0) is 6.54 Å². The number of rotatable bonds is 5. The maximum atomic E-state index is 11.1. The van der Waals surface area contributed by atoms with Crippen molar-refractivity contribution in [3.8, 4) is 0 Å². The summed E-state index contributed by atoms with van der Waals surface area (Å²) in [5, 5.41) is 25.9. The molecular formula is C10H9N5O5. The molecule has 0 fully saturated rings. The number of nitro groups is 1. The molecule has 2 rings (SSSR count). The highest BCUT2D eigenvalue weighted by Gasteiger charge is 2.17. The predicted molar refractivity (Wildman–Crippen MR) is 64.2 cm³/mol. The van der Waals surface area contributed by atoms with Gasteiger partial charge in [0.1, 0.15) is 17.6 Å². The van der Waals surface area contributed by atoms with Crippen molar-refractivity contribution in [1.29, 1.82) is 0 Å². The molecule has 10 nitrogen and oxygen atoms in total. The molecule has 2 heterocycles. The van der Waals surface area contributed by atoms with Gasteiger partial charge in [-0.3, -0.25) is 10.1 Å². The minimum Gasteiger partial charge on any atom is -0.478 e. The van der Waals surface area contributed by atoms with Gasteiger partial charge >= 0.3 is 5.97 Å². The molecule has 0 saturated heterocycles. The second-order valence-electron chi connectivity index (χ2n) is 3.74. The summed E-state index contributed by atoms with van der Waals surface area (Å²) in [6, 6.07) is 0.927. The van der Waals surface area contributed by atoms with E-state index in [0.717, 1.165) is 12.3 Å². The van der Waals surface area contributed by atoms with Gasteiger partial charge in [0.2, 0.25) is 5.89 Å². The van der Waals surface area contributed by atoms with Gasteiger partial charge in [0, 0.05) is 6.07 Å². The second kappa shape index (κ2) is 5.30. The lowest BCUT2D eigenvalue weighted by Crippen LogP contribution is -2.09. The highest BCUT2D eigenvalue weighted by molar-refractivity contribution is 5.93. The summed E-state index contributed by atoms with van der Waals surface area (Å²) in [4.78, 5) is 28.6. The van der Waals surface area contributed by atoms with Gasteiger partial charge in [-0.2, -0.15) is 4.98 Å². The van der Waals surface area contributed by atoms with Crippen molar-refractivity contribution in [3.63, 3.8) is 0 Å². The molecule has 0 bridgehead atoms. The minimum absolute atomic E-state index is 0.0149. The van der Waals surface area contributed by atoms with E-state index in [0.29, 0.717) is 5.82 Å². The smallest absolute Gasteiger partial charge is 0.339 e. The number of hydrogen-bond acceptors (Lipinski definition) is 8. The van der Waals surface area contributed by atoms with Gasteiger partial charge in [0.15, 0.2) is 5.82 Å². The van der Waals surface area contributed by atoms with E-state index in [-0.39, 0.29) is 23.8 Å². The summed E-state index contributed by atoms with van der Waals surface area (Å²) >= 11 is 0. The molecule has 2 N–H and O–H groups in total. The summed E-state index contributed by atoms with van der Waals surface area (Å²) in [5.41, 5.74) is -0.711. The van der Waals surface area contributed by atoms with Crippen molar-refractivity contribution in [2.24, 2.45) is 0 Å². The van der Waals surface area contributed by atoms with Gasteiger partial charge in [0.25, 0.3) is 5.69 Å². The van der Waals surface area contributed by atoms with E-state index in [4.69, 9.17) is 9.63 Å². The Morgan fingerprint density at radius 3 is 2.90 bits per heavy atom. The van der Waals surface area contributed by atoms with Crippen molar-refractivity contribution in [2.75, 3.05) is 5.32 Å². The maximum Gasteiger partial charge on any atom is 0.339 e. The molecule has 0 unspecified atom stereocenters. The van der Waals surface area contributed by atoms with Crippen LogP contribution in [-0.4, -0.2) is 31.1 Å². The summed E-state index contributed by atoms with van der Waals surface area (Å²) in [7, 11) is 0. The third-order valence-corrected chi connectivity index (χ3v) is 2.29. The van der Waals surface area contributed by atoms with Gasteiger partial charge in [0.05, 0.1) is 11.5 Å². The molecule has 2 aromatic heterocycles. The lowest BCUT2D eigenvalue weighted by Gasteiger charge is -2.05. The Morgan fingerprint density at radius 1 is 1.60 bits per heavy atom. The standard InChI is InChI=1S/C10H9N5O5/c1-5-13-8(20-14-5)4-12-9-7(10(16)17)2-6(3-11-9)15(18)19/h2-3H,4H2,1H3,(H,11,12)(H,16,17). The fourth-order valence-corrected chi connectivity index (χ4v) is 1.43. The average Bonchev–Trinajstić information content (AvgIpc) is 2.81. The van der Waals surface area contributed by atoms with Crippen molar-refractivity contribution in [2.45, 2.75) is 13.5 Å². The third-order valence-electron chi connectivity index (χ3n) is 2.29. The summed E-state index contributed by atoms with van der Waals surface area (Å²) in [6.45, 7) is 1.70. The van der Waals surface area contributed by atoms with E-state index in [1.165, 1.54) is 0 Å². The summed E-state index contributed by atoms with van der Waals surface area (Å²) in [5.74, 6) is -0.653. The number of aryl methyl sites for hydroxylation is 1. The highest BCUT2D eigenvalue weighted by Crippen LogP contribution is 2.19. The largest absolute Gasteiger partial charge is 0.478 e.